The number of halogens is 1. The van der Waals surface area contributed by atoms with Gasteiger partial charge in [0, 0.05) is 29.0 Å². The highest BCUT2D eigenvalue weighted by Gasteiger charge is 2.14. The Balaban J connectivity index is 2.81. The summed E-state index contributed by atoms with van der Waals surface area (Å²) < 4.78 is 0.601. The van der Waals surface area contributed by atoms with Gasteiger partial charge in [-0.3, -0.25) is 10.1 Å². The molecule has 1 heterocycles. The van der Waals surface area contributed by atoms with Crippen molar-refractivity contribution >= 4 is 39.2 Å². The summed E-state index contributed by atoms with van der Waals surface area (Å²) in [5, 5.41) is 13.6. The molecule has 7 heteroatoms. The summed E-state index contributed by atoms with van der Waals surface area (Å²) >= 11 is 4.82. The molecule has 0 bridgehead atoms. The van der Waals surface area contributed by atoms with E-state index in [9.17, 15) is 10.1 Å². The smallest absolute Gasteiger partial charge is 0.312 e. The second kappa shape index (κ2) is 5.92. The molecular formula is C8H10BrN3O2S. The number of rotatable bonds is 5. The van der Waals surface area contributed by atoms with Crippen molar-refractivity contribution in [2.75, 3.05) is 23.9 Å². The Morgan fingerprint density at radius 1 is 1.73 bits per heavy atom. The quantitative estimate of drug-likeness (QED) is 0.513. The normalized spacial score (nSPS) is 10.0. The second-order valence-corrected chi connectivity index (χ2v) is 4.60. The van der Waals surface area contributed by atoms with Crippen molar-refractivity contribution in [2.24, 2.45) is 0 Å². The number of nitrogens with zero attached hydrogens (tertiary/aromatic N) is 2. The van der Waals surface area contributed by atoms with Gasteiger partial charge in [-0.2, -0.15) is 11.8 Å². The van der Waals surface area contributed by atoms with E-state index in [1.165, 1.54) is 12.3 Å². The molecule has 1 aromatic rings. The number of hydrogen-bond donors (Lipinski definition) is 1. The Bertz CT molecular complexity index is 362. The molecule has 0 atom stereocenters. The van der Waals surface area contributed by atoms with Gasteiger partial charge in [0.2, 0.25) is 5.82 Å². The number of anilines is 1. The molecule has 82 valence electrons. The third-order valence-corrected chi connectivity index (χ3v) is 2.68. The van der Waals surface area contributed by atoms with Crippen LogP contribution in [0.3, 0.4) is 0 Å². The lowest BCUT2D eigenvalue weighted by Gasteiger charge is -2.04. The van der Waals surface area contributed by atoms with Crippen LogP contribution < -0.4 is 5.32 Å². The molecule has 1 rings (SSSR count). The van der Waals surface area contributed by atoms with E-state index in [0.29, 0.717) is 16.8 Å². The third kappa shape index (κ3) is 3.67. The lowest BCUT2D eigenvalue weighted by atomic mass is 10.4. The molecule has 0 saturated heterocycles. The molecule has 0 saturated carbocycles. The van der Waals surface area contributed by atoms with Crippen molar-refractivity contribution in [3.8, 4) is 0 Å². The zero-order chi connectivity index (χ0) is 11.3. The van der Waals surface area contributed by atoms with Gasteiger partial charge in [0.05, 0.1) is 4.92 Å². The highest BCUT2D eigenvalue weighted by atomic mass is 79.9. The van der Waals surface area contributed by atoms with Crippen molar-refractivity contribution in [1.29, 1.82) is 0 Å². The fraction of sp³-hybridized carbons (Fsp3) is 0.375. The van der Waals surface area contributed by atoms with Gasteiger partial charge in [-0.1, -0.05) is 0 Å². The average molecular weight is 292 g/mol. The van der Waals surface area contributed by atoms with Crippen LogP contribution >= 0.6 is 27.7 Å². The molecule has 0 spiro atoms. The molecule has 0 aliphatic carbocycles. The standard InChI is InChI=1S/C8H10BrN3O2S/c1-15-3-2-10-8-7(12(13)14)4-6(9)5-11-8/h4-5H,2-3H2,1H3,(H,10,11). The zero-order valence-corrected chi connectivity index (χ0v) is 10.5. The Labute approximate surface area is 99.9 Å². The van der Waals surface area contributed by atoms with Crippen LogP contribution in [-0.2, 0) is 0 Å². The molecule has 0 amide bonds. The van der Waals surface area contributed by atoms with Crippen molar-refractivity contribution in [3.63, 3.8) is 0 Å². The first kappa shape index (κ1) is 12.3. The van der Waals surface area contributed by atoms with Crippen LogP contribution in [0.1, 0.15) is 0 Å². The molecule has 0 radical (unpaired) electrons. The molecule has 0 fully saturated rings. The Kier molecular flexibility index (Phi) is 4.83. The fourth-order valence-electron chi connectivity index (χ4n) is 0.975. The number of pyridine rings is 1. The van der Waals surface area contributed by atoms with Crippen molar-refractivity contribution in [3.05, 3.63) is 26.9 Å². The molecular weight excluding hydrogens is 282 g/mol. The molecule has 0 aliphatic heterocycles. The van der Waals surface area contributed by atoms with E-state index in [1.54, 1.807) is 11.8 Å². The zero-order valence-electron chi connectivity index (χ0n) is 8.07. The number of nitro groups is 1. The first-order valence-corrected chi connectivity index (χ1v) is 6.36. The predicted molar refractivity (Wildman–Crippen MR) is 65.5 cm³/mol. The number of nitrogens with one attached hydrogen (secondary N) is 1. The maximum Gasteiger partial charge on any atom is 0.312 e. The summed E-state index contributed by atoms with van der Waals surface area (Å²) in [6.07, 6.45) is 3.51. The van der Waals surface area contributed by atoms with Crippen LogP contribution in [0.15, 0.2) is 16.7 Å². The van der Waals surface area contributed by atoms with Gasteiger partial charge in [-0.05, 0) is 22.2 Å². The molecule has 5 nitrogen and oxygen atoms in total. The summed E-state index contributed by atoms with van der Waals surface area (Å²) in [6.45, 7) is 0.663. The fourth-order valence-corrected chi connectivity index (χ4v) is 1.60. The van der Waals surface area contributed by atoms with E-state index >= 15 is 0 Å². The van der Waals surface area contributed by atoms with E-state index in [0.717, 1.165) is 5.75 Å². The van der Waals surface area contributed by atoms with Crippen LogP contribution in [0.4, 0.5) is 11.5 Å². The molecule has 1 aromatic heterocycles. The number of hydrogen-bond acceptors (Lipinski definition) is 5. The minimum absolute atomic E-state index is 0.00882. The second-order valence-electron chi connectivity index (χ2n) is 2.70. The maximum absolute atomic E-state index is 10.7. The van der Waals surface area contributed by atoms with Gasteiger partial charge in [0.25, 0.3) is 0 Å². The first-order chi connectivity index (χ1) is 7.15. The minimum Gasteiger partial charge on any atom is -0.364 e. The minimum atomic E-state index is -0.445. The summed E-state index contributed by atoms with van der Waals surface area (Å²) in [7, 11) is 0. The van der Waals surface area contributed by atoms with Gasteiger partial charge in [-0.25, -0.2) is 4.98 Å². The summed E-state index contributed by atoms with van der Waals surface area (Å²) in [5.74, 6) is 1.20. The van der Waals surface area contributed by atoms with Gasteiger partial charge in [0.1, 0.15) is 0 Å². The summed E-state index contributed by atoms with van der Waals surface area (Å²) in [4.78, 5) is 14.2. The topological polar surface area (TPSA) is 68.1 Å². The summed E-state index contributed by atoms with van der Waals surface area (Å²) in [6, 6.07) is 1.44. The van der Waals surface area contributed by atoms with Crippen LogP contribution in [0.2, 0.25) is 0 Å². The number of aromatic nitrogens is 1. The van der Waals surface area contributed by atoms with Gasteiger partial charge in [0.15, 0.2) is 0 Å². The summed E-state index contributed by atoms with van der Waals surface area (Å²) in [5.41, 5.74) is -0.00882. The number of thioether (sulfide) groups is 1. The van der Waals surface area contributed by atoms with Crippen LogP contribution in [-0.4, -0.2) is 28.5 Å². The van der Waals surface area contributed by atoms with Crippen LogP contribution in [0.25, 0.3) is 0 Å². The maximum atomic E-state index is 10.7. The Morgan fingerprint density at radius 2 is 2.47 bits per heavy atom. The lowest BCUT2D eigenvalue weighted by molar-refractivity contribution is -0.384. The van der Waals surface area contributed by atoms with E-state index in [2.05, 4.69) is 26.2 Å². The Hall–Kier alpha value is -0.820. The van der Waals surface area contributed by atoms with Crippen molar-refractivity contribution in [2.45, 2.75) is 0 Å². The van der Waals surface area contributed by atoms with E-state index in [1.807, 2.05) is 6.26 Å². The molecule has 1 N–H and O–H groups in total. The largest absolute Gasteiger partial charge is 0.364 e. The van der Waals surface area contributed by atoms with Crippen molar-refractivity contribution < 1.29 is 4.92 Å². The van der Waals surface area contributed by atoms with E-state index in [4.69, 9.17) is 0 Å². The molecule has 0 aromatic carbocycles. The predicted octanol–water partition coefficient (Wildman–Crippen LogP) is 2.53. The van der Waals surface area contributed by atoms with E-state index < -0.39 is 4.92 Å². The van der Waals surface area contributed by atoms with Crippen LogP contribution in [0.5, 0.6) is 0 Å². The third-order valence-electron chi connectivity index (χ3n) is 1.63. The van der Waals surface area contributed by atoms with Gasteiger partial charge >= 0.3 is 5.69 Å². The van der Waals surface area contributed by atoms with Gasteiger partial charge < -0.3 is 5.32 Å². The van der Waals surface area contributed by atoms with Crippen molar-refractivity contribution in [1.82, 2.24) is 4.98 Å². The first-order valence-electron chi connectivity index (χ1n) is 4.18. The molecule has 0 aliphatic rings. The molecule has 15 heavy (non-hydrogen) atoms. The van der Waals surface area contributed by atoms with E-state index in [-0.39, 0.29) is 5.69 Å². The SMILES string of the molecule is CSCCNc1ncc(Br)cc1[N+](=O)[O-]. The highest BCUT2D eigenvalue weighted by Crippen LogP contribution is 2.24. The Morgan fingerprint density at radius 3 is 3.07 bits per heavy atom. The monoisotopic (exact) mass is 291 g/mol. The average Bonchev–Trinajstić information content (AvgIpc) is 2.20. The van der Waals surface area contributed by atoms with Gasteiger partial charge in [-0.15, -0.1) is 0 Å². The lowest BCUT2D eigenvalue weighted by Crippen LogP contribution is -2.07. The highest BCUT2D eigenvalue weighted by molar-refractivity contribution is 9.10. The molecule has 0 unspecified atom stereocenters. The van der Waals surface area contributed by atoms with Crippen LogP contribution in [0, 0.1) is 10.1 Å².